The molecule has 0 nitrogen and oxygen atoms in total. The lowest BCUT2D eigenvalue weighted by Gasteiger charge is -2.45. The van der Waals surface area contributed by atoms with Gasteiger partial charge in [0.1, 0.15) is 0 Å². The molecule has 0 aromatic carbocycles. The molecule has 8 atom stereocenters. The molecular formula is C32H52S2Si. The number of hydrogen-bond donors (Lipinski definition) is 0. The first-order valence-electron chi connectivity index (χ1n) is 15.5. The second-order valence-electron chi connectivity index (χ2n) is 14.4. The van der Waals surface area contributed by atoms with Crippen molar-refractivity contribution in [1.29, 1.82) is 0 Å². The van der Waals surface area contributed by atoms with E-state index in [9.17, 15) is 0 Å². The summed E-state index contributed by atoms with van der Waals surface area (Å²) in [5, 5.41) is 1.85. The number of rotatable bonds is 4. The van der Waals surface area contributed by atoms with Gasteiger partial charge in [-0.25, -0.2) is 0 Å². The molecule has 0 N–H and O–H groups in total. The zero-order chi connectivity index (χ0) is 24.5. The van der Waals surface area contributed by atoms with Crippen molar-refractivity contribution in [1.82, 2.24) is 0 Å². The standard InChI is InChI=1S/C32H52S2Si/c1-19-17-25-27(23-13-9-7-10-14-23)21(3)33-29(25)31(19)35(5,6)32-20(2)18-26-28(22(4)34-30(26)32)24-15-11-8-12-16-24/h19-20,23-26,29-32H,7-18H2,1-6H3/t19?,20?,25-,26?,29?,30?,31?,32?/m1/s1. The van der Waals surface area contributed by atoms with E-state index in [2.05, 4.69) is 64.3 Å². The van der Waals surface area contributed by atoms with E-state index < -0.39 is 8.07 Å². The first kappa shape index (κ1) is 25.7. The van der Waals surface area contributed by atoms with E-state index in [0.717, 1.165) is 57.1 Å². The third kappa shape index (κ3) is 4.23. The molecule has 0 spiro atoms. The average Bonchev–Trinajstić information content (AvgIpc) is 3.50. The fraction of sp³-hybridized carbons (Fsp3) is 0.875. The van der Waals surface area contributed by atoms with Crippen molar-refractivity contribution in [3.05, 3.63) is 21.0 Å². The highest BCUT2D eigenvalue weighted by Gasteiger charge is 2.61. The molecule has 6 rings (SSSR count). The number of fused-ring (bicyclic) bond motifs is 2. The zero-order valence-electron chi connectivity index (χ0n) is 23.6. The molecule has 0 bridgehead atoms. The molecule has 4 aliphatic carbocycles. The maximum Gasteiger partial charge on any atom is 0.0564 e. The van der Waals surface area contributed by atoms with Gasteiger partial charge in [0.25, 0.3) is 0 Å². The molecule has 0 radical (unpaired) electrons. The van der Waals surface area contributed by atoms with Gasteiger partial charge in [0, 0.05) is 10.5 Å². The van der Waals surface area contributed by atoms with Gasteiger partial charge in [-0.3, -0.25) is 0 Å². The summed E-state index contributed by atoms with van der Waals surface area (Å²) in [4.78, 5) is 3.55. The van der Waals surface area contributed by atoms with Crippen LogP contribution in [0.3, 0.4) is 0 Å². The first-order valence-corrected chi connectivity index (χ1v) is 20.4. The molecule has 196 valence electrons. The van der Waals surface area contributed by atoms with E-state index in [1.54, 1.807) is 9.81 Å². The first-order chi connectivity index (χ1) is 16.8. The minimum absolute atomic E-state index is 0.924. The minimum Gasteiger partial charge on any atom is -0.127 e. The van der Waals surface area contributed by atoms with Crippen LogP contribution in [0.1, 0.15) is 105 Å². The maximum absolute atomic E-state index is 2.88. The van der Waals surface area contributed by atoms with Crippen molar-refractivity contribution in [2.45, 2.75) is 139 Å². The van der Waals surface area contributed by atoms with Gasteiger partial charge in [-0.15, -0.1) is 23.5 Å². The Labute approximate surface area is 226 Å². The molecular weight excluding hydrogens is 477 g/mol. The predicted octanol–water partition coefficient (Wildman–Crippen LogP) is 10.7. The summed E-state index contributed by atoms with van der Waals surface area (Å²) in [6.45, 7) is 16.2. The Hall–Kier alpha value is 0.397. The number of hydrogen-bond acceptors (Lipinski definition) is 2. The lowest BCUT2D eigenvalue weighted by atomic mass is 9.77. The van der Waals surface area contributed by atoms with Gasteiger partial charge >= 0.3 is 0 Å². The van der Waals surface area contributed by atoms with Crippen LogP contribution in [-0.4, -0.2) is 18.6 Å². The van der Waals surface area contributed by atoms with Crippen LogP contribution < -0.4 is 0 Å². The highest BCUT2D eigenvalue weighted by atomic mass is 32.2. The maximum atomic E-state index is 2.88. The highest BCUT2D eigenvalue weighted by Crippen LogP contribution is 2.68. The molecule has 4 saturated carbocycles. The molecule has 4 fully saturated rings. The summed E-state index contributed by atoms with van der Waals surface area (Å²) in [6.07, 6.45) is 17.9. The molecule has 0 amide bonds. The van der Waals surface area contributed by atoms with Crippen molar-refractivity contribution >= 4 is 31.6 Å². The van der Waals surface area contributed by atoms with Crippen molar-refractivity contribution in [2.75, 3.05) is 0 Å². The molecule has 0 aromatic rings. The van der Waals surface area contributed by atoms with E-state index in [1.165, 1.54) is 77.0 Å². The molecule has 3 heteroatoms. The average molecular weight is 529 g/mol. The van der Waals surface area contributed by atoms with E-state index in [4.69, 9.17) is 0 Å². The second-order valence-corrected chi connectivity index (χ2v) is 22.1. The van der Waals surface area contributed by atoms with Gasteiger partial charge in [-0.2, -0.15) is 0 Å². The Bertz CT molecular complexity index is 804. The van der Waals surface area contributed by atoms with E-state index in [0.29, 0.717) is 0 Å². The van der Waals surface area contributed by atoms with E-state index in [1.807, 2.05) is 11.1 Å². The molecule has 6 aliphatic rings. The van der Waals surface area contributed by atoms with E-state index in [-0.39, 0.29) is 0 Å². The summed E-state index contributed by atoms with van der Waals surface area (Å²) in [6, 6.07) is 0. The third-order valence-electron chi connectivity index (χ3n) is 12.0. The van der Waals surface area contributed by atoms with Crippen LogP contribution in [0.15, 0.2) is 21.0 Å². The smallest absolute Gasteiger partial charge is 0.0564 e. The van der Waals surface area contributed by atoms with Gasteiger partial charge in [0.05, 0.1) is 8.07 Å². The Morgan fingerprint density at radius 3 is 1.34 bits per heavy atom. The van der Waals surface area contributed by atoms with Gasteiger partial charge in [0.15, 0.2) is 0 Å². The monoisotopic (exact) mass is 528 g/mol. The normalized spacial score (nSPS) is 43.4. The Balaban J connectivity index is 1.24. The van der Waals surface area contributed by atoms with Crippen molar-refractivity contribution in [3.63, 3.8) is 0 Å². The lowest BCUT2D eigenvalue weighted by Crippen LogP contribution is -2.47. The molecule has 2 heterocycles. The van der Waals surface area contributed by atoms with E-state index >= 15 is 0 Å². The Kier molecular flexibility index (Phi) is 7.23. The summed E-state index contributed by atoms with van der Waals surface area (Å²) < 4.78 is 0. The Morgan fingerprint density at radius 1 is 0.600 bits per heavy atom. The second kappa shape index (κ2) is 9.85. The zero-order valence-corrected chi connectivity index (χ0v) is 26.2. The van der Waals surface area contributed by atoms with Gasteiger partial charge in [-0.05, 0) is 109 Å². The van der Waals surface area contributed by atoms with Gasteiger partial charge in [-0.1, -0.05) is 76.6 Å². The minimum atomic E-state index is -1.45. The van der Waals surface area contributed by atoms with Crippen molar-refractivity contribution < 1.29 is 0 Å². The van der Waals surface area contributed by atoms with Gasteiger partial charge in [0.2, 0.25) is 0 Å². The fourth-order valence-corrected chi connectivity index (χ4v) is 22.8. The molecule has 35 heavy (non-hydrogen) atoms. The van der Waals surface area contributed by atoms with Crippen LogP contribution in [0.4, 0.5) is 0 Å². The number of thioether (sulfide) groups is 2. The lowest BCUT2D eigenvalue weighted by molar-refractivity contribution is 0.371. The number of allylic oxidation sites excluding steroid dienone is 4. The molecule has 7 unspecified atom stereocenters. The fourth-order valence-electron chi connectivity index (χ4n) is 11.0. The van der Waals surface area contributed by atoms with Crippen molar-refractivity contribution in [2.24, 2.45) is 35.5 Å². The van der Waals surface area contributed by atoms with Crippen LogP contribution in [0, 0.1) is 35.5 Å². The molecule has 0 saturated heterocycles. The predicted molar refractivity (Wildman–Crippen MR) is 161 cm³/mol. The summed E-state index contributed by atoms with van der Waals surface area (Å²) in [7, 11) is -1.45. The van der Waals surface area contributed by atoms with Crippen LogP contribution >= 0.6 is 23.5 Å². The quantitative estimate of drug-likeness (QED) is 0.333. The highest BCUT2D eigenvalue weighted by molar-refractivity contribution is 8.04. The third-order valence-corrected chi connectivity index (χ3v) is 20.8. The summed E-state index contributed by atoms with van der Waals surface area (Å²) >= 11 is 4.77. The Morgan fingerprint density at radius 2 is 0.971 bits per heavy atom. The van der Waals surface area contributed by atoms with Crippen LogP contribution in [0.25, 0.3) is 0 Å². The largest absolute Gasteiger partial charge is 0.127 e. The van der Waals surface area contributed by atoms with Gasteiger partial charge < -0.3 is 0 Å². The molecule has 2 aliphatic heterocycles. The topological polar surface area (TPSA) is 0 Å². The van der Waals surface area contributed by atoms with Crippen LogP contribution in [0.2, 0.25) is 24.2 Å². The van der Waals surface area contributed by atoms with Crippen LogP contribution in [0.5, 0.6) is 0 Å². The van der Waals surface area contributed by atoms with Crippen molar-refractivity contribution in [3.8, 4) is 0 Å². The SMILES string of the molecule is CC1=C(C2CCCCC2)C2CC(C)C([Si](C)(C)C3C(C)C[C@@H]4C(C5CCCCC5)=C(C)SC34)C2S1. The van der Waals surface area contributed by atoms with Crippen LogP contribution in [-0.2, 0) is 0 Å². The summed E-state index contributed by atoms with van der Waals surface area (Å²) in [5.74, 6) is 5.61. The molecule has 0 aromatic heterocycles. The summed E-state index contributed by atoms with van der Waals surface area (Å²) in [5.41, 5.74) is 5.98.